The second kappa shape index (κ2) is 17.9. The van der Waals surface area contributed by atoms with E-state index in [1.54, 1.807) is 0 Å². The van der Waals surface area contributed by atoms with Gasteiger partial charge in [-0.2, -0.15) is 0 Å². The fourth-order valence-electron chi connectivity index (χ4n) is 13.3. The number of rotatable bonds is 11. The molecule has 8 rings (SSSR count). The fourth-order valence-corrected chi connectivity index (χ4v) is 13.3. The maximum Gasteiger partial charge on any atom is 0.189 e. The minimum Gasteiger partial charge on any atom is -0.396 e. The Morgan fingerprint density at radius 2 is 1.44 bits per heavy atom. The van der Waals surface area contributed by atoms with Crippen LogP contribution in [0.1, 0.15) is 92.4 Å². The lowest BCUT2D eigenvalue weighted by molar-refractivity contribution is -0.397. The van der Waals surface area contributed by atoms with Crippen molar-refractivity contribution in [1.82, 2.24) is 0 Å². The van der Waals surface area contributed by atoms with Gasteiger partial charge >= 0.3 is 0 Å². The van der Waals surface area contributed by atoms with Crippen molar-refractivity contribution in [3.05, 3.63) is 11.6 Å². The molecule has 0 aromatic rings. The number of aliphatic hydroxyl groups excluding tert-OH is 10. The third-order valence-corrected chi connectivity index (χ3v) is 17.1. The summed E-state index contributed by atoms with van der Waals surface area (Å²) in [6.45, 7) is 9.75. The van der Waals surface area contributed by atoms with Crippen molar-refractivity contribution in [1.29, 1.82) is 0 Å². The van der Waals surface area contributed by atoms with Crippen molar-refractivity contribution in [3.8, 4) is 0 Å². The van der Waals surface area contributed by atoms with Crippen molar-refractivity contribution < 1.29 is 89.3 Å². The molecule has 26 atom stereocenters. The molecule has 62 heavy (non-hydrogen) atoms. The van der Waals surface area contributed by atoms with Gasteiger partial charge in [-0.05, 0) is 98.7 Å². The highest BCUT2D eigenvalue weighted by atomic mass is 16.8. The fraction of sp³-hybridized carbons (Fsp3) is 0.955. The van der Waals surface area contributed by atoms with E-state index in [2.05, 4.69) is 26.8 Å². The van der Waals surface area contributed by atoms with Crippen LogP contribution >= 0.6 is 0 Å². The quantitative estimate of drug-likeness (QED) is 0.112. The molecule has 13 unspecified atom stereocenters. The molecule has 4 aliphatic carbocycles. The zero-order valence-electron chi connectivity index (χ0n) is 36.4. The first-order valence-electron chi connectivity index (χ1n) is 22.9. The summed E-state index contributed by atoms with van der Waals surface area (Å²) in [5.41, 5.74) is 1.21. The first kappa shape index (κ1) is 47.5. The van der Waals surface area contributed by atoms with Crippen LogP contribution in [0.15, 0.2) is 11.6 Å². The number of allylic oxidation sites excluding steroid dienone is 1. The molecule has 0 aromatic heterocycles. The van der Waals surface area contributed by atoms with Gasteiger partial charge in [-0.25, -0.2) is 0 Å². The monoisotopic (exact) mass is 888 g/mol. The van der Waals surface area contributed by atoms with E-state index in [1.165, 1.54) is 12.5 Å². The maximum atomic E-state index is 11.9. The van der Waals surface area contributed by atoms with Gasteiger partial charge in [0, 0.05) is 18.9 Å². The Kier molecular flexibility index (Phi) is 13.7. The summed E-state index contributed by atoms with van der Waals surface area (Å²) in [7, 11) is 0. The topological polar surface area (TPSA) is 287 Å². The molecule has 0 aromatic carbocycles. The van der Waals surface area contributed by atoms with E-state index in [0.29, 0.717) is 43.4 Å². The van der Waals surface area contributed by atoms with E-state index in [0.717, 1.165) is 32.1 Å². The molecule has 18 heteroatoms. The predicted molar refractivity (Wildman–Crippen MR) is 213 cm³/mol. The Morgan fingerprint density at radius 1 is 0.758 bits per heavy atom. The van der Waals surface area contributed by atoms with E-state index in [-0.39, 0.29) is 41.3 Å². The van der Waals surface area contributed by atoms with Crippen LogP contribution in [-0.2, 0) is 33.2 Å². The van der Waals surface area contributed by atoms with Crippen LogP contribution in [0.5, 0.6) is 0 Å². The predicted octanol–water partition coefficient (Wildman–Crippen LogP) is -0.874. The van der Waals surface area contributed by atoms with Crippen LogP contribution < -0.4 is 0 Å². The molecule has 356 valence electrons. The number of hydrogen-bond donors (Lipinski definition) is 11. The number of aliphatic hydroxyl groups is 11. The standard InChI is InChI=1S/C44H72O18/c1-18(16-45)8-13-44(55)19(2)28-26(62-44)15-25-23-7-6-21-14-22(9-11-42(21,4)24(23)10-12-43(25,28)5)57-41-37(60-39-33(51)30(48)29(47)20(3)56-39)35(53)36(27(17-46)58-41)59-40-34(52)31(49)32(50)38(54)61-40/h6,18-20,22-41,45-55H,7-17H2,1-5H3/t18-,19+,20?,22?,23-,24+,25+,26?,27?,28?,29+,30?,31?,32-,33?,34?,35?,36-,37?,38?,39+,40-,41-,42+,43+,44?/m1/s1. The molecule has 3 saturated carbocycles. The lowest BCUT2D eigenvalue weighted by atomic mass is 9.47. The first-order valence-corrected chi connectivity index (χ1v) is 22.9. The zero-order valence-corrected chi connectivity index (χ0v) is 36.4. The van der Waals surface area contributed by atoms with Crippen molar-refractivity contribution >= 4 is 0 Å². The van der Waals surface area contributed by atoms with Gasteiger partial charge in [0.05, 0.1) is 24.9 Å². The van der Waals surface area contributed by atoms with Crippen LogP contribution in [0.25, 0.3) is 0 Å². The van der Waals surface area contributed by atoms with Gasteiger partial charge in [0.1, 0.15) is 61.0 Å². The summed E-state index contributed by atoms with van der Waals surface area (Å²) in [5.74, 6) is 0.486. The van der Waals surface area contributed by atoms with Gasteiger partial charge < -0.3 is 89.3 Å². The van der Waals surface area contributed by atoms with Crippen LogP contribution in [-0.4, -0.2) is 180 Å². The normalized spacial score (nSPS) is 55.7. The Hall–Kier alpha value is -0.980. The molecule has 11 N–H and O–H groups in total. The molecule has 4 aliphatic heterocycles. The van der Waals surface area contributed by atoms with Crippen molar-refractivity contribution in [3.63, 3.8) is 0 Å². The second-order valence-electron chi connectivity index (χ2n) is 20.6. The molecule has 0 amide bonds. The Morgan fingerprint density at radius 3 is 2.13 bits per heavy atom. The Bertz CT molecular complexity index is 1590. The summed E-state index contributed by atoms with van der Waals surface area (Å²) in [5, 5.41) is 117. The summed E-state index contributed by atoms with van der Waals surface area (Å²) in [4.78, 5) is 0. The molecule has 8 aliphatic rings. The van der Waals surface area contributed by atoms with Gasteiger partial charge in [0.25, 0.3) is 0 Å². The highest BCUT2D eigenvalue weighted by molar-refractivity contribution is 5.26. The van der Waals surface area contributed by atoms with Crippen LogP contribution in [0.2, 0.25) is 0 Å². The molecule has 7 fully saturated rings. The highest BCUT2D eigenvalue weighted by Gasteiger charge is 2.68. The average Bonchev–Trinajstić information content (AvgIpc) is 3.68. The summed E-state index contributed by atoms with van der Waals surface area (Å²) in [6.07, 6.45) is -15.3. The van der Waals surface area contributed by atoms with Crippen LogP contribution in [0.3, 0.4) is 0 Å². The third kappa shape index (κ3) is 8.06. The van der Waals surface area contributed by atoms with Crippen LogP contribution in [0.4, 0.5) is 0 Å². The van der Waals surface area contributed by atoms with Crippen molar-refractivity contribution in [2.45, 2.75) is 203 Å². The van der Waals surface area contributed by atoms with E-state index >= 15 is 0 Å². The Labute approximate surface area is 362 Å². The van der Waals surface area contributed by atoms with Gasteiger partial charge in [-0.1, -0.05) is 39.3 Å². The van der Waals surface area contributed by atoms with E-state index in [1.807, 2.05) is 6.92 Å². The van der Waals surface area contributed by atoms with Gasteiger partial charge in [0.2, 0.25) is 0 Å². The minimum atomic E-state index is -1.95. The SMILES string of the molecule is CC1O[C@@H](OC2C(O)[C@H](O[C@@H]3OC(O)[C@H](O)C(O)C3O)C(CO)O[C@H]2OC2CC[C@@]3(C)C(=CC[C@@H]4[C@@H]3CC[C@]3(C)C5C(C[C@@H]43)OC(O)(CC[C@@H](C)CO)[C@H]5C)C2)C(O)C(O)[C@H]1O. The van der Waals surface area contributed by atoms with Gasteiger partial charge in [-0.3, -0.25) is 0 Å². The molecule has 0 spiro atoms. The van der Waals surface area contributed by atoms with Crippen molar-refractivity contribution in [2.24, 2.45) is 46.3 Å². The summed E-state index contributed by atoms with van der Waals surface area (Å²) in [6, 6.07) is 0. The Balaban J connectivity index is 0.982. The van der Waals surface area contributed by atoms with Crippen LogP contribution in [0, 0.1) is 46.3 Å². The minimum absolute atomic E-state index is 0.00716. The number of ether oxygens (including phenoxy) is 7. The van der Waals surface area contributed by atoms with Gasteiger partial charge in [0.15, 0.2) is 30.9 Å². The second-order valence-corrected chi connectivity index (χ2v) is 20.6. The molecule has 0 bridgehead atoms. The summed E-state index contributed by atoms with van der Waals surface area (Å²) >= 11 is 0. The lowest BCUT2D eigenvalue weighted by Gasteiger charge is -2.58. The van der Waals surface area contributed by atoms with Gasteiger partial charge in [-0.15, -0.1) is 0 Å². The molecule has 18 nitrogen and oxygen atoms in total. The van der Waals surface area contributed by atoms with E-state index in [9.17, 15) is 56.2 Å². The zero-order chi connectivity index (χ0) is 44.8. The molecule has 4 heterocycles. The highest BCUT2D eigenvalue weighted by Crippen LogP contribution is 2.70. The lowest BCUT2D eigenvalue weighted by Crippen LogP contribution is -2.66. The number of hydrogen-bond acceptors (Lipinski definition) is 18. The third-order valence-electron chi connectivity index (χ3n) is 17.1. The maximum absolute atomic E-state index is 11.9. The van der Waals surface area contributed by atoms with E-state index in [4.69, 9.17) is 33.2 Å². The number of fused-ring (bicyclic) bond motifs is 7. The smallest absolute Gasteiger partial charge is 0.189 e. The molecule has 0 radical (unpaired) electrons. The summed E-state index contributed by atoms with van der Waals surface area (Å²) < 4.78 is 42.3. The largest absolute Gasteiger partial charge is 0.396 e. The van der Waals surface area contributed by atoms with Crippen molar-refractivity contribution in [2.75, 3.05) is 13.2 Å². The van der Waals surface area contributed by atoms with E-state index < -0.39 is 111 Å². The first-order chi connectivity index (χ1) is 29.3. The average molecular weight is 889 g/mol. The molecular formula is C44H72O18. The molecule has 4 saturated heterocycles. The molecular weight excluding hydrogens is 816 g/mol.